The predicted octanol–water partition coefficient (Wildman–Crippen LogP) is 4.18. The predicted molar refractivity (Wildman–Crippen MR) is 118 cm³/mol. The molecule has 0 aliphatic carbocycles. The van der Waals surface area contributed by atoms with Gasteiger partial charge in [-0.3, -0.25) is 4.79 Å². The van der Waals surface area contributed by atoms with Gasteiger partial charge in [-0.15, -0.1) is 0 Å². The van der Waals surface area contributed by atoms with Gasteiger partial charge in [-0.05, 0) is 37.1 Å². The molecule has 4 aromatic rings. The van der Waals surface area contributed by atoms with Gasteiger partial charge in [0.1, 0.15) is 11.5 Å². The maximum atomic E-state index is 13.4. The number of nitrogens with one attached hydrogen (secondary N) is 1. The summed E-state index contributed by atoms with van der Waals surface area (Å²) in [6, 6.07) is 18.3. The van der Waals surface area contributed by atoms with Gasteiger partial charge >= 0.3 is 0 Å². The Morgan fingerprint density at radius 2 is 1.90 bits per heavy atom. The van der Waals surface area contributed by atoms with Gasteiger partial charge in [0.05, 0.1) is 17.6 Å². The number of piperidine rings is 1. The number of H-pyrrole nitrogens is 1. The summed E-state index contributed by atoms with van der Waals surface area (Å²) in [5.41, 5.74) is 3.91. The SMILES string of the molecule is COCCn1c(C(=O)N2CCC(c3nc4ccccc4[nH]3)CC2)cc2ccccc21. The van der Waals surface area contributed by atoms with Crippen LogP contribution in [0, 0.1) is 0 Å². The van der Waals surface area contributed by atoms with Crippen molar-refractivity contribution in [2.75, 3.05) is 26.8 Å². The van der Waals surface area contributed by atoms with E-state index < -0.39 is 0 Å². The van der Waals surface area contributed by atoms with Gasteiger partial charge in [0.15, 0.2) is 0 Å². The van der Waals surface area contributed by atoms with Gasteiger partial charge in [0, 0.05) is 43.6 Å². The second kappa shape index (κ2) is 7.95. The molecule has 0 radical (unpaired) electrons. The highest BCUT2D eigenvalue weighted by atomic mass is 16.5. The van der Waals surface area contributed by atoms with E-state index in [2.05, 4.69) is 27.8 Å². The first kappa shape index (κ1) is 18.9. The van der Waals surface area contributed by atoms with Crippen LogP contribution < -0.4 is 0 Å². The van der Waals surface area contributed by atoms with E-state index in [1.165, 1.54) is 0 Å². The van der Waals surface area contributed by atoms with Crippen LogP contribution in [-0.2, 0) is 11.3 Å². The van der Waals surface area contributed by atoms with Crippen molar-refractivity contribution in [3.05, 3.63) is 66.1 Å². The molecule has 1 amide bonds. The Balaban J connectivity index is 1.34. The minimum Gasteiger partial charge on any atom is -0.383 e. The molecule has 1 fully saturated rings. The number of hydrogen-bond acceptors (Lipinski definition) is 3. The molecule has 2 aromatic heterocycles. The van der Waals surface area contributed by atoms with Crippen molar-refractivity contribution in [3.8, 4) is 0 Å². The van der Waals surface area contributed by atoms with Crippen LogP contribution in [0.3, 0.4) is 0 Å². The van der Waals surface area contributed by atoms with E-state index in [-0.39, 0.29) is 5.91 Å². The smallest absolute Gasteiger partial charge is 0.270 e. The molecule has 154 valence electrons. The van der Waals surface area contributed by atoms with Gasteiger partial charge in [-0.25, -0.2) is 4.98 Å². The Bertz CT molecular complexity index is 1150. The van der Waals surface area contributed by atoms with Gasteiger partial charge in [-0.2, -0.15) is 0 Å². The van der Waals surface area contributed by atoms with Crippen molar-refractivity contribution in [2.45, 2.75) is 25.3 Å². The summed E-state index contributed by atoms with van der Waals surface area (Å²) in [4.78, 5) is 23.6. The number of ether oxygens (including phenoxy) is 1. The Labute approximate surface area is 175 Å². The zero-order chi connectivity index (χ0) is 20.5. The molecule has 2 aromatic carbocycles. The Morgan fingerprint density at radius 3 is 2.70 bits per heavy atom. The topological polar surface area (TPSA) is 63.1 Å². The lowest BCUT2D eigenvalue weighted by atomic mass is 9.96. The number of aromatic amines is 1. The maximum Gasteiger partial charge on any atom is 0.270 e. The molecule has 30 heavy (non-hydrogen) atoms. The normalized spacial score (nSPS) is 15.3. The first-order chi connectivity index (χ1) is 14.7. The van der Waals surface area contributed by atoms with Crippen LogP contribution in [0.2, 0.25) is 0 Å². The van der Waals surface area contributed by atoms with Crippen LogP contribution in [0.15, 0.2) is 54.6 Å². The number of rotatable bonds is 5. The van der Waals surface area contributed by atoms with Crippen molar-refractivity contribution in [1.29, 1.82) is 0 Å². The standard InChI is InChI=1S/C24H26N4O2/c1-30-15-14-28-21-9-5-2-6-18(21)16-22(28)24(29)27-12-10-17(11-13-27)23-25-19-7-3-4-8-20(19)26-23/h2-9,16-17H,10-15H2,1H3,(H,25,26). The van der Waals surface area contributed by atoms with Crippen LogP contribution in [0.4, 0.5) is 0 Å². The Hall–Kier alpha value is -3.12. The second-order valence-electron chi connectivity index (χ2n) is 7.94. The summed E-state index contributed by atoms with van der Waals surface area (Å²) in [5.74, 6) is 1.50. The molecule has 6 heteroatoms. The summed E-state index contributed by atoms with van der Waals surface area (Å²) in [7, 11) is 1.69. The van der Waals surface area contributed by atoms with Gasteiger partial charge < -0.3 is 19.2 Å². The molecule has 5 rings (SSSR count). The summed E-state index contributed by atoms with van der Waals surface area (Å²) in [6.07, 6.45) is 1.84. The number of para-hydroxylation sites is 3. The lowest BCUT2D eigenvalue weighted by Gasteiger charge is -2.31. The number of aromatic nitrogens is 3. The summed E-state index contributed by atoms with van der Waals surface area (Å²) < 4.78 is 7.37. The fourth-order valence-corrected chi connectivity index (χ4v) is 4.49. The molecule has 0 unspecified atom stereocenters. The third-order valence-electron chi connectivity index (χ3n) is 6.13. The van der Waals surface area contributed by atoms with E-state index in [9.17, 15) is 4.79 Å². The van der Waals surface area contributed by atoms with Crippen molar-refractivity contribution in [1.82, 2.24) is 19.4 Å². The van der Waals surface area contributed by atoms with Crippen LogP contribution >= 0.6 is 0 Å². The first-order valence-corrected chi connectivity index (χ1v) is 10.6. The minimum atomic E-state index is 0.102. The summed E-state index contributed by atoms with van der Waals surface area (Å²) >= 11 is 0. The van der Waals surface area contributed by atoms with Crippen molar-refractivity contribution in [3.63, 3.8) is 0 Å². The molecular formula is C24H26N4O2. The summed E-state index contributed by atoms with van der Waals surface area (Å²) in [6.45, 7) is 2.73. The van der Waals surface area contributed by atoms with Gasteiger partial charge in [0.2, 0.25) is 0 Å². The number of nitrogens with zero attached hydrogens (tertiary/aromatic N) is 3. The highest BCUT2D eigenvalue weighted by molar-refractivity contribution is 5.98. The van der Waals surface area contributed by atoms with Crippen molar-refractivity contribution < 1.29 is 9.53 Å². The van der Waals surface area contributed by atoms with Gasteiger partial charge in [0.25, 0.3) is 5.91 Å². The average molecular weight is 402 g/mol. The monoisotopic (exact) mass is 402 g/mol. The number of carbonyl (C=O) groups excluding carboxylic acids is 1. The second-order valence-corrected chi connectivity index (χ2v) is 7.94. The maximum absolute atomic E-state index is 13.4. The van der Waals surface area contributed by atoms with E-state index in [1.54, 1.807) is 7.11 Å². The minimum absolute atomic E-state index is 0.102. The van der Waals surface area contributed by atoms with Gasteiger partial charge in [-0.1, -0.05) is 30.3 Å². The van der Waals surface area contributed by atoms with Crippen molar-refractivity contribution in [2.24, 2.45) is 0 Å². The molecule has 0 bridgehead atoms. The third kappa shape index (κ3) is 3.37. The van der Waals surface area contributed by atoms with Crippen LogP contribution in [0.5, 0.6) is 0 Å². The quantitative estimate of drug-likeness (QED) is 0.545. The highest BCUT2D eigenvalue weighted by Gasteiger charge is 2.28. The Kier molecular flexibility index (Phi) is 5.01. The number of methoxy groups -OCH3 is 1. The van der Waals surface area contributed by atoms with Crippen molar-refractivity contribution >= 4 is 27.8 Å². The molecule has 1 saturated heterocycles. The molecule has 3 heterocycles. The van der Waals surface area contributed by atoms with E-state index in [0.717, 1.165) is 59.4 Å². The zero-order valence-corrected chi connectivity index (χ0v) is 17.2. The van der Waals surface area contributed by atoms with E-state index in [0.29, 0.717) is 19.1 Å². The lowest BCUT2D eigenvalue weighted by Crippen LogP contribution is -2.39. The molecule has 6 nitrogen and oxygen atoms in total. The molecule has 0 atom stereocenters. The Morgan fingerprint density at radius 1 is 1.13 bits per heavy atom. The largest absolute Gasteiger partial charge is 0.383 e. The molecule has 1 aliphatic rings. The molecule has 1 aliphatic heterocycles. The average Bonchev–Trinajstić information content (AvgIpc) is 3.39. The number of amides is 1. The molecular weight excluding hydrogens is 376 g/mol. The number of imidazole rings is 1. The van der Waals surface area contributed by atoms with E-state index in [1.807, 2.05) is 41.3 Å². The first-order valence-electron chi connectivity index (χ1n) is 10.6. The van der Waals surface area contributed by atoms with Crippen LogP contribution in [-0.4, -0.2) is 52.1 Å². The number of carbonyl (C=O) groups is 1. The molecule has 0 spiro atoms. The van der Waals surface area contributed by atoms with E-state index >= 15 is 0 Å². The number of likely N-dealkylation sites (tertiary alicyclic amines) is 1. The van der Waals surface area contributed by atoms with E-state index in [4.69, 9.17) is 9.72 Å². The fourth-order valence-electron chi connectivity index (χ4n) is 4.49. The third-order valence-corrected chi connectivity index (χ3v) is 6.13. The number of benzene rings is 2. The summed E-state index contributed by atoms with van der Waals surface area (Å²) in [5, 5.41) is 1.09. The lowest BCUT2D eigenvalue weighted by molar-refractivity contribution is 0.0698. The van der Waals surface area contributed by atoms with Crippen LogP contribution in [0.1, 0.15) is 35.1 Å². The fraction of sp³-hybridized carbons (Fsp3) is 0.333. The van der Waals surface area contributed by atoms with Crippen LogP contribution in [0.25, 0.3) is 21.9 Å². The number of fused-ring (bicyclic) bond motifs is 2. The highest BCUT2D eigenvalue weighted by Crippen LogP contribution is 2.29. The molecule has 0 saturated carbocycles. The number of hydrogen-bond donors (Lipinski definition) is 1. The molecule has 1 N–H and O–H groups in total. The zero-order valence-electron chi connectivity index (χ0n) is 17.2.